The normalized spacial score (nSPS) is 26.2. The van der Waals surface area contributed by atoms with Crippen LogP contribution in [-0.2, 0) is 9.59 Å². The summed E-state index contributed by atoms with van der Waals surface area (Å²) in [5, 5.41) is 9.90. The van der Waals surface area contributed by atoms with Gasteiger partial charge in [-0.3, -0.25) is 9.59 Å². The molecular formula is C18H24N2O3. The smallest absolute Gasteiger partial charge is 0.316 e. The van der Waals surface area contributed by atoms with E-state index < -0.39 is 11.8 Å². The van der Waals surface area contributed by atoms with E-state index in [0.717, 1.165) is 30.5 Å². The second kappa shape index (κ2) is 6.32. The average molecular weight is 316 g/mol. The fourth-order valence-electron chi connectivity index (χ4n) is 3.76. The summed E-state index contributed by atoms with van der Waals surface area (Å²) in [6.07, 6.45) is 2.33. The Morgan fingerprint density at radius 3 is 2.74 bits per heavy atom. The van der Waals surface area contributed by atoms with Gasteiger partial charge >= 0.3 is 11.8 Å². The maximum absolute atomic E-state index is 12.6. The molecule has 2 amide bonds. The quantitative estimate of drug-likeness (QED) is 0.846. The molecular weight excluding hydrogens is 292 g/mol. The predicted molar refractivity (Wildman–Crippen MR) is 88.2 cm³/mol. The van der Waals surface area contributed by atoms with Crippen LogP contribution in [0.4, 0.5) is 5.69 Å². The predicted octanol–water partition coefficient (Wildman–Crippen LogP) is 1.76. The minimum atomic E-state index is -0.493. The number of carbonyl (C=O) groups is 2. The molecule has 0 radical (unpaired) electrons. The molecule has 1 aromatic carbocycles. The maximum Gasteiger partial charge on any atom is 0.316 e. The number of carbonyl (C=O) groups excluding carboxylic acids is 2. The third-order valence-corrected chi connectivity index (χ3v) is 5.12. The fourth-order valence-corrected chi connectivity index (χ4v) is 3.76. The molecule has 3 unspecified atom stereocenters. The van der Waals surface area contributed by atoms with Crippen LogP contribution in [0.1, 0.15) is 37.7 Å². The van der Waals surface area contributed by atoms with Gasteiger partial charge in [0.25, 0.3) is 0 Å². The summed E-state index contributed by atoms with van der Waals surface area (Å²) in [7, 11) is 1.65. The first kappa shape index (κ1) is 16.0. The summed E-state index contributed by atoms with van der Waals surface area (Å²) in [5.74, 6) is -0.642. The van der Waals surface area contributed by atoms with E-state index in [9.17, 15) is 14.7 Å². The van der Waals surface area contributed by atoms with E-state index in [0.29, 0.717) is 13.1 Å². The molecule has 124 valence electrons. The van der Waals surface area contributed by atoms with Gasteiger partial charge in [0.15, 0.2) is 0 Å². The molecule has 1 fully saturated rings. The van der Waals surface area contributed by atoms with E-state index in [2.05, 4.69) is 6.92 Å². The zero-order valence-corrected chi connectivity index (χ0v) is 13.7. The SMILES string of the molecule is CC1CN(C(=O)C(=O)N(C)CC2CCCC2O)c2ccccc21. The zero-order chi connectivity index (χ0) is 16.6. The average Bonchev–Trinajstić information content (AvgIpc) is 3.10. The molecule has 1 aliphatic carbocycles. The van der Waals surface area contributed by atoms with E-state index in [-0.39, 0.29) is 17.9 Å². The molecule has 3 atom stereocenters. The highest BCUT2D eigenvalue weighted by molar-refractivity contribution is 6.40. The van der Waals surface area contributed by atoms with E-state index in [1.165, 1.54) is 4.90 Å². The standard InChI is InChI=1S/C18H24N2O3/c1-12-10-20(15-8-4-3-7-14(12)15)18(23)17(22)19(2)11-13-6-5-9-16(13)21/h3-4,7-8,12-13,16,21H,5-6,9-11H2,1-2H3. The zero-order valence-electron chi connectivity index (χ0n) is 13.7. The summed E-state index contributed by atoms with van der Waals surface area (Å²) >= 11 is 0. The van der Waals surface area contributed by atoms with Crippen molar-refractivity contribution in [2.45, 2.75) is 38.2 Å². The molecule has 23 heavy (non-hydrogen) atoms. The van der Waals surface area contributed by atoms with Gasteiger partial charge in [0.05, 0.1) is 6.10 Å². The largest absolute Gasteiger partial charge is 0.393 e. The van der Waals surface area contributed by atoms with Crippen molar-refractivity contribution >= 4 is 17.5 Å². The first-order chi connectivity index (χ1) is 11.0. The van der Waals surface area contributed by atoms with Crippen LogP contribution in [0, 0.1) is 5.92 Å². The minimum Gasteiger partial charge on any atom is -0.393 e. The number of aliphatic hydroxyl groups excluding tert-OH is 1. The van der Waals surface area contributed by atoms with E-state index >= 15 is 0 Å². The third kappa shape index (κ3) is 2.98. The van der Waals surface area contributed by atoms with Crippen molar-refractivity contribution in [3.63, 3.8) is 0 Å². The molecule has 0 spiro atoms. The van der Waals surface area contributed by atoms with Crippen LogP contribution in [0.25, 0.3) is 0 Å². The van der Waals surface area contributed by atoms with Crippen molar-refractivity contribution in [1.82, 2.24) is 4.90 Å². The third-order valence-electron chi connectivity index (χ3n) is 5.12. The van der Waals surface area contributed by atoms with Crippen LogP contribution in [-0.4, -0.2) is 48.1 Å². The summed E-state index contributed by atoms with van der Waals surface area (Å²) in [6, 6.07) is 7.75. The van der Waals surface area contributed by atoms with Gasteiger partial charge in [-0.05, 0) is 24.5 Å². The maximum atomic E-state index is 12.6. The van der Waals surface area contributed by atoms with Gasteiger partial charge in [-0.25, -0.2) is 0 Å². The number of likely N-dealkylation sites (N-methyl/N-ethyl adjacent to an activating group) is 1. The van der Waals surface area contributed by atoms with Crippen LogP contribution in [0.15, 0.2) is 24.3 Å². The number of para-hydroxylation sites is 1. The first-order valence-corrected chi connectivity index (χ1v) is 8.33. The lowest BCUT2D eigenvalue weighted by atomic mass is 10.0. The summed E-state index contributed by atoms with van der Waals surface area (Å²) in [5.41, 5.74) is 1.95. The van der Waals surface area contributed by atoms with Crippen molar-refractivity contribution in [2.24, 2.45) is 5.92 Å². The van der Waals surface area contributed by atoms with E-state index in [4.69, 9.17) is 0 Å². The Morgan fingerprint density at radius 2 is 2.04 bits per heavy atom. The highest BCUT2D eigenvalue weighted by Gasteiger charge is 2.35. The summed E-state index contributed by atoms with van der Waals surface area (Å²) in [6.45, 7) is 3.05. The monoisotopic (exact) mass is 316 g/mol. The first-order valence-electron chi connectivity index (χ1n) is 8.33. The van der Waals surface area contributed by atoms with Crippen LogP contribution in [0.5, 0.6) is 0 Å². The number of benzene rings is 1. The minimum absolute atomic E-state index is 0.0848. The van der Waals surface area contributed by atoms with Crippen molar-refractivity contribution in [2.75, 3.05) is 25.0 Å². The van der Waals surface area contributed by atoms with Crippen molar-refractivity contribution in [1.29, 1.82) is 0 Å². The second-order valence-electron chi connectivity index (χ2n) is 6.82. The van der Waals surface area contributed by atoms with Crippen molar-refractivity contribution < 1.29 is 14.7 Å². The lowest BCUT2D eigenvalue weighted by Gasteiger charge is -2.25. The van der Waals surface area contributed by atoms with E-state index in [1.807, 2.05) is 24.3 Å². The number of hydrogen-bond acceptors (Lipinski definition) is 3. The Morgan fingerprint density at radius 1 is 1.30 bits per heavy atom. The Kier molecular flexibility index (Phi) is 4.39. The molecule has 5 nitrogen and oxygen atoms in total. The molecule has 1 saturated carbocycles. The molecule has 5 heteroatoms. The number of amides is 2. The number of aliphatic hydroxyl groups is 1. The Bertz CT molecular complexity index is 616. The number of hydrogen-bond donors (Lipinski definition) is 1. The summed E-state index contributed by atoms with van der Waals surface area (Å²) < 4.78 is 0. The lowest BCUT2D eigenvalue weighted by molar-refractivity contribution is -0.144. The Labute approximate surface area is 136 Å². The van der Waals surface area contributed by atoms with Crippen LogP contribution in [0.3, 0.4) is 0 Å². The number of fused-ring (bicyclic) bond motifs is 1. The molecule has 0 aromatic heterocycles. The van der Waals surface area contributed by atoms with Gasteiger partial charge < -0.3 is 14.9 Å². The Hall–Kier alpha value is -1.88. The highest BCUT2D eigenvalue weighted by Crippen LogP contribution is 2.35. The number of nitrogens with zero attached hydrogens (tertiary/aromatic N) is 2. The second-order valence-corrected chi connectivity index (χ2v) is 6.82. The van der Waals surface area contributed by atoms with Crippen molar-refractivity contribution in [3.8, 4) is 0 Å². The molecule has 1 aromatic rings. The van der Waals surface area contributed by atoms with Gasteiger partial charge in [0, 0.05) is 37.7 Å². The van der Waals surface area contributed by atoms with Gasteiger partial charge in [-0.15, -0.1) is 0 Å². The summed E-state index contributed by atoms with van der Waals surface area (Å²) in [4.78, 5) is 28.2. The highest BCUT2D eigenvalue weighted by atomic mass is 16.3. The van der Waals surface area contributed by atoms with Gasteiger partial charge in [-0.2, -0.15) is 0 Å². The van der Waals surface area contributed by atoms with Gasteiger partial charge in [0.1, 0.15) is 0 Å². The van der Waals surface area contributed by atoms with Crippen molar-refractivity contribution in [3.05, 3.63) is 29.8 Å². The molecule has 1 heterocycles. The molecule has 1 aliphatic heterocycles. The molecule has 2 aliphatic rings. The topological polar surface area (TPSA) is 60.9 Å². The van der Waals surface area contributed by atoms with Crippen LogP contribution in [0.2, 0.25) is 0 Å². The molecule has 0 bridgehead atoms. The molecule has 3 rings (SSSR count). The van der Waals surface area contributed by atoms with Gasteiger partial charge in [0.2, 0.25) is 0 Å². The molecule has 1 N–H and O–H groups in total. The van der Waals surface area contributed by atoms with Gasteiger partial charge in [-0.1, -0.05) is 31.5 Å². The van der Waals surface area contributed by atoms with Crippen LogP contribution < -0.4 is 4.90 Å². The lowest BCUT2D eigenvalue weighted by Crippen LogP contribution is -2.45. The van der Waals surface area contributed by atoms with E-state index in [1.54, 1.807) is 11.9 Å². The number of rotatable bonds is 2. The fraction of sp³-hybridized carbons (Fsp3) is 0.556. The molecule has 0 saturated heterocycles. The van der Waals surface area contributed by atoms with Crippen LogP contribution >= 0.6 is 0 Å². The number of anilines is 1. The Balaban J connectivity index is 1.69.